The van der Waals surface area contributed by atoms with E-state index in [1.807, 2.05) is 6.07 Å². The average molecular weight is 259 g/mol. The van der Waals surface area contributed by atoms with Crippen LogP contribution in [0.4, 0.5) is 0 Å². The molecule has 1 aliphatic rings. The fraction of sp³-hybridized carbons (Fsp3) is 0.667. The molecule has 0 spiro atoms. The Hall–Kier alpha value is -0.0900. The zero-order valence-corrected chi connectivity index (χ0v) is 11.1. The van der Waals surface area contributed by atoms with Crippen LogP contribution in [0.2, 0.25) is 4.34 Å². The SMILES string of the molecule is Clc1ccc(CNCCCN2CCCC2)s1. The van der Waals surface area contributed by atoms with Gasteiger partial charge in [-0.25, -0.2) is 0 Å². The Labute approximate surface area is 107 Å². The first kappa shape index (κ1) is 12.4. The molecule has 2 heterocycles. The van der Waals surface area contributed by atoms with Gasteiger partial charge in [-0.15, -0.1) is 11.3 Å². The highest BCUT2D eigenvalue weighted by Crippen LogP contribution is 2.20. The summed E-state index contributed by atoms with van der Waals surface area (Å²) in [5.74, 6) is 0. The van der Waals surface area contributed by atoms with Crippen molar-refractivity contribution in [1.29, 1.82) is 0 Å². The van der Waals surface area contributed by atoms with Gasteiger partial charge in [-0.2, -0.15) is 0 Å². The normalized spacial score (nSPS) is 17.1. The van der Waals surface area contributed by atoms with Crippen molar-refractivity contribution in [2.75, 3.05) is 26.2 Å². The molecule has 0 radical (unpaired) electrons. The Bertz CT molecular complexity index is 308. The first-order valence-electron chi connectivity index (χ1n) is 6.02. The monoisotopic (exact) mass is 258 g/mol. The Morgan fingerprint density at radius 2 is 2.12 bits per heavy atom. The van der Waals surface area contributed by atoms with Crippen LogP contribution in [0.3, 0.4) is 0 Å². The number of hydrogen-bond acceptors (Lipinski definition) is 3. The third kappa shape index (κ3) is 4.06. The summed E-state index contributed by atoms with van der Waals surface area (Å²) in [6.07, 6.45) is 4.03. The third-order valence-corrected chi connectivity index (χ3v) is 4.19. The van der Waals surface area contributed by atoms with E-state index in [9.17, 15) is 0 Å². The number of halogens is 1. The van der Waals surface area contributed by atoms with Gasteiger partial charge in [-0.3, -0.25) is 0 Å². The fourth-order valence-electron chi connectivity index (χ4n) is 2.09. The average Bonchev–Trinajstić information content (AvgIpc) is 2.89. The number of thiophene rings is 1. The topological polar surface area (TPSA) is 15.3 Å². The van der Waals surface area contributed by atoms with E-state index in [-0.39, 0.29) is 0 Å². The molecule has 1 N–H and O–H groups in total. The molecular weight excluding hydrogens is 240 g/mol. The van der Waals surface area contributed by atoms with Crippen LogP contribution in [-0.2, 0) is 6.54 Å². The van der Waals surface area contributed by atoms with Gasteiger partial charge in [0, 0.05) is 11.4 Å². The van der Waals surface area contributed by atoms with E-state index in [2.05, 4.69) is 16.3 Å². The molecule has 4 heteroatoms. The highest BCUT2D eigenvalue weighted by atomic mass is 35.5. The van der Waals surface area contributed by atoms with E-state index >= 15 is 0 Å². The Balaban J connectivity index is 1.51. The minimum Gasteiger partial charge on any atom is -0.312 e. The van der Waals surface area contributed by atoms with Crippen LogP contribution in [0.1, 0.15) is 24.1 Å². The summed E-state index contributed by atoms with van der Waals surface area (Å²) in [4.78, 5) is 3.88. The molecule has 1 saturated heterocycles. The highest BCUT2D eigenvalue weighted by Gasteiger charge is 2.09. The van der Waals surface area contributed by atoms with Crippen LogP contribution in [-0.4, -0.2) is 31.1 Å². The molecule has 0 unspecified atom stereocenters. The van der Waals surface area contributed by atoms with Crippen LogP contribution in [0, 0.1) is 0 Å². The molecule has 0 saturated carbocycles. The van der Waals surface area contributed by atoms with Crippen molar-refractivity contribution in [2.45, 2.75) is 25.8 Å². The maximum atomic E-state index is 5.87. The molecule has 0 aromatic carbocycles. The van der Waals surface area contributed by atoms with Gasteiger partial charge in [0.15, 0.2) is 0 Å². The Morgan fingerprint density at radius 1 is 1.31 bits per heavy atom. The Morgan fingerprint density at radius 3 is 2.81 bits per heavy atom. The van der Waals surface area contributed by atoms with Crippen molar-refractivity contribution in [2.24, 2.45) is 0 Å². The van der Waals surface area contributed by atoms with E-state index in [1.165, 1.54) is 43.8 Å². The summed E-state index contributed by atoms with van der Waals surface area (Å²) in [5, 5.41) is 3.46. The smallest absolute Gasteiger partial charge is 0.0931 e. The molecular formula is C12H19ClN2S. The number of hydrogen-bond donors (Lipinski definition) is 1. The summed E-state index contributed by atoms with van der Waals surface area (Å²) in [6, 6.07) is 4.06. The van der Waals surface area contributed by atoms with Crippen LogP contribution in [0.25, 0.3) is 0 Å². The lowest BCUT2D eigenvalue weighted by atomic mass is 10.3. The lowest BCUT2D eigenvalue weighted by molar-refractivity contribution is 0.331. The summed E-state index contributed by atoms with van der Waals surface area (Å²) in [5.41, 5.74) is 0. The second-order valence-electron chi connectivity index (χ2n) is 4.28. The van der Waals surface area contributed by atoms with Crippen LogP contribution >= 0.6 is 22.9 Å². The van der Waals surface area contributed by atoms with Crippen molar-refractivity contribution < 1.29 is 0 Å². The molecule has 2 rings (SSSR count). The summed E-state index contributed by atoms with van der Waals surface area (Å²) >= 11 is 7.53. The van der Waals surface area contributed by atoms with Crippen molar-refractivity contribution in [1.82, 2.24) is 10.2 Å². The number of rotatable bonds is 6. The van der Waals surface area contributed by atoms with Crippen LogP contribution in [0.5, 0.6) is 0 Å². The van der Waals surface area contributed by atoms with E-state index in [0.717, 1.165) is 17.4 Å². The van der Waals surface area contributed by atoms with Crippen LogP contribution in [0.15, 0.2) is 12.1 Å². The zero-order chi connectivity index (χ0) is 11.2. The molecule has 0 amide bonds. The minimum atomic E-state index is 0.883. The van der Waals surface area contributed by atoms with Gasteiger partial charge in [0.2, 0.25) is 0 Å². The van der Waals surface area contributed by atoms with Gasteiger partial charge >= 0.3 is 0 Å². The summed E-state index contributed by atoms with van der Waals surface area (Å²) in [6.45, 7) is 5.92. The second-order valence-corrected chi connectivity index (χ2v) is 6.08. The molecule has 1 aromatic heterocycles. The molecule has 1 aromatic rings. The predicted molar refractivity (Wildman–Crippen MR) is 71.3 cm³/mol. The molecule has 0 aliphatic carbocycles. The lowest BCUT2D eigenvalue weighted by Gasteiger charge is -2.13. The molecule has 0 atom stereocenters. The summed E-state index contributed by atoms with van der Waals surface area (Å²) < 4.78 is 0.883. The van der Waals surface area contributed by atoms with Gasteiger partial charge in [0.05, 0.1) is 4.34 Å². The highest BCUT2D eigenvalue weighted by molar-refractivity contribution is 7.16. The number of likely N-dealkylation sites (tertiary alicyclic amines) is 1. The second kappa shape index (κ2) is 6.60. The third-order valence-electron chi connectivity index (χ3n) is 2.95. The number of nitrogens with one attached hydrogen (secondary N) is 1. The maximum absolute atomic E-state index is 5.87. The fourth-order valence-corrected chi connectivity index (χ4v) is 3.15. The molecule has 0 bridgehead atoms. The molecule has 2 nitrogen and oxygen atoms in total. The van der Waals surface area contributed by atoms with Gasteiger partial charge in [-0.05, 0) is 57.6 Å². The number of nitrogens with zero attached hydrogens (tertiary/aromatic N) is 1. The van der Waals surface area contributed by atoms with Crippen molar-refractivity contribution in [3.8, 4) is 0 Å². The van der Waals surface area contributed by atoms with Gasteiger partial charge in [-0.1, -0.05) is 11.6 Å². The van der Waals surface area contributed by atoms with Crippen molar-refractivity contribution >= 4 is 22.9 Å². The van der Waals surface area contributed by atoms with Crippen LogP contribution < -0.4 is 5.32 Å². The van der Waals surface area contributed by atoms with E-state index in [1.54, 1.807) is 11.3 Å². The quantitative estimate of drug-likeness (QED) is 0.790. The van der Waals surface area contributed by atoms with Crippen molar-refractivity contribution in [3.05, 3.63) is 21.3 Å². The van der Waals surface area contributed by atoms with Gasteiger partial charge in [0.25, 0.3) is 0 Å². The largest absolute Gasteiger partial charge is 0.312 e. The lowest BCUT2D eigenvalue weighted by Crippen LogP contribution is -2.24. The molecule has 1 fully saturated rings. The minimum absolute atomic E-state index is 0.883. The first-order chi connectivity index (χ1) is 7.84. The summed E-state index contributed by atoms with van der Waals surface area (Å²) in [7, 11) is 0. The van der Waals surface area contributed by atoms with E-state index in [4.69, 9.17) is 11.6 Å². The first-order valence-corrected chi connectivity index (χ1v) is 7.21. The predicted octanol–water partition coefficient (Wildman–Crippen LogP) is 2.98. The van der Waals surface area contributed by atoms with E-state index < -0.39 is 0 Å². The Kier molecular flexibility index (Phi) is 5.10. The zero-order valence-electron chi connectivity index (χ0n) is 9.54. The molecule has 90 valence electrons. The van der Waals surface area contributed by atoms with Crippen molar-refractivity contribution in [3.63, 3.8) is 0 Å². The molecule has 16 heavy (non-hydrogen) atoms. The standard InChI is InChI=1S/C12H19ClN2S/c13-12-5-4-11(16-12)10-14-6-3-9-15-7-1-2-8-15/h4-5,14H,1-3,6-10H2. The van der Waals surface area contributed by atoms with Gasteiger partial charge < -0.3 is 10.2 Å². The maximum Gasteiger partial charge on any atom is 0.0931 e. The van der Waals surface area contributed by atoms with E-state index in [0.29, 0.717) is 0 Å². The van der Waals surface area contributed by atoms with Gasteiger partial charge in [0.1, 0.15) is 0 Å². The molecule has 1 aliphatic heterocycles.